The van der Waals surface area contributed by atoms with E-state index in [1.165, 1.54) is 12.5 Å². The van der Waals surface area contributed by atoms with Crippen molar-refractivity contribution in [3.05, 3.63) is 108 Å². The maximum Gasteiger partial charge on any atom is 0.159 e. The molecule has 0 aliphatic carbocycles. The topological polar surface area (TPSA) is 70.7 Å². The fourth-order valence-corrected chi connectivity index (χ4v) is 3.53. The second kappa shape index (κ2) is 9.10. The van der Waals surface area contributed by atoms with Crippen LogP contribution in [0.2, 0.25) is 0 Å². The fraction of sp³-hybridized carbons (Fsp3) is 0.115. The minimum Gasteiger partial charge on any atom is -0.380 e. The zero-order chi connectivity index (χ0) is 21.6. The molecule has 0 bridgehead atoms. The lowest BCUT2D eigenvalue weighted by molar-refractivity contribution is 0.101. The maximum absolute atomic E-state index is 11.7. The van der Waals surface area contributed by atoms with E-state index in [0.717, 1.165) is 23.2 Å². The van der Waals surface area contributed by atoms with Gasteiger partial charge in [-0.15, -0.1) is 0 Å². The number of hydrogen-bond donors (Lipinski definition) is 1. The van der Waals surface area contributed by atoms with E-state index >= 15 is 0 Å². The lowest BCUT2D eigenvalue weighted by Crippen LogP contribution is -2.04. The van der Waals surface area contributed by atoms with Crippen molar-refractivity contribution in [2.45, 2.75) is 20.0 Å². The van der Waals surface area contributed by atoms with Crippen molar-refractivity contribution < 1.29 is 4.79 Å². The summed E-state index contributed by atoms with van der Waals surface area (Å²) >= 11 is 0. The Morgan fingerprint density at radius 2 is 1.90 bits per heavy atom. The molecule has 1 heterocycles. The number of anilines is 1. The van der Waals surface area contributed by atoms with Gasteiger partial charge in [0.25, 0.3) is 0 Å². The Bertz CT molecular complexity index is 1240. The number of hydrogen-bond acceptors (Lipinski definition) is 4. The van der Waals surface area contributed by atoms with Crippen LogP contribution < -0.4 is 5.32 Å². The zero-order valence-corrected chi connectivity index (χ0v) is 17.2. The Kier molecular flexibility index (Phi) is 5.91. The largest absolute Gasteiger partial charge is 0.380 e. The number of rotatable bonds is 7. The van der Waals surface area contributed by atoms with Gasteiger partial charge in [-0.3, -0.25) is 4.79 Å². The van der Waals surface area contributed by atoms with Crippen LogP contribution in [0.15, 0.2) is 85.5 Å². The summed E-state index contributed by atoms with van der Waals surface area (Å²) in [7, 11) is 0. The van der Waals surface area contributed by atoms with Crippen LogP contribution in [0.25, 0.3) is 11.1 Å². The van der Waals surface area contributed by atoms with E-state index in [2.05, 4.69) is 52.8 Å². The van der Waals surface area contributed by atoms with Crippen molar-refractivity contribution in [1.82, 2.24) is 9.55 Å². The Morgan fingerprint density at radius 1 is 1.10 bits per heavy atom. The van der Waals surface area contributed by atoms with Gasteiger partial charge in [0.15, 0.2) is 5.78 Å². The third kappa shape index (κ3) is 4.71. The fourth-order valence-electron chi connectivity index (χ4n) is 3.53. The summed E-state index contributed by atoms with van der Waals surface area (Å²) in [5.74, 6) is -0.0243. The lowest BCUT2D eigenvalue weighted by atomic mass is 9.98. The summed E-state index contributed by atoms with van der Waals surface area (Å²) in [6.07, 6.45) is 5.54. The molecule has 0 aliphatic heterocycles. The lowest BCUT2D eigenvalue weighted by Gasteiger charge is -2.14. The molecular formula is C26H22N4O. The van der Waals surface area contributed by atoms with Gasteiger partial charge in [-0.1, -0.05) is 48.5 Å². The normalized spacial score (nSPS) is 10.5. The minimum absolute atomic E-state index is 0.0243. The summed E-state index contributed by atoms with van der Waals surface area (Å²) in [6, 6.07) is 24.0. The molecule has 4 aromatic rings. The molecule has 0 saturated carbocycles. The van der Waals surface area contributed by atoms with E-state index in [0.29, 0.717) is 23.4 Å². The predicted octanol–water partition coefficient (Wildman–Crippen LogP) is 5.28. The number of nitrogens with one attached hydrogen (secondary N) is 1. The van der Waals surface area contributed by atoms with Crippen LogP contribution in [0.3, 0.4) is 0 Å². The minimum atomic E-state index is -0.0243. The molecule has 0 atom stereocenters. The molecular weight excluding hydrogens is 384 g/mol. The Morgan fingerprint density at radius 3 is 2.61 bits per heavy atom. The molecule has 0 unspecified atom stereocenters. The monoisotopic (exact) mass is 406 g/mol. The first-order chi connectivity index (χ1) is 15.1. The van der Waals surface area contributed by atoms with Crippen molar-refractivity contribution in [3.8, 4) is 17.2 Å². The van der Waals surface area contributed by atoms with Crippen LogP contribution in [0, 0.1) is 11.3 Å². The van der Waals surface area contributed by atoms with E-state index in [4.69, 9.17) is 0 Å². The molecule has 1 N–H and O–H groups in total. The number of aromatic nitrogens is 2. The number of carbonyl (C=O) groups excluding carboxylic acids is 1. The van der Waals surface area contributed by atoms with Gasteiger partial charge in [0.2, 0.25) is 0 Å². The van der Waals surface area contributed by atoms with E-state index in [1.807, 2.05) is 29.2 Å². The smallest absolute Gasteiger partial charge is 0.159 e. The second-order valence-corrected chi connectivity index (χ2v) is 7.37. The van der Waals surface area contributed by atoms with Gasteiger partial charge in [-0.25, -0.2) is 4.98 Å². The number of Topliss-reactive ketones (excluding diaryl/α,β-unsaturated/α-hetero) is 1. The maximum atomic E-state index is 11.7. The zero-order valence-electron chi connectivity index (χ0n) is 17.2. The third-order valence-electron chi connectivity index (χ3n) is 5.22. The van der Waals surface area contributed by atoms with Crippen LogP contribution in [-0.2, 0) is 13.1 Å². The molecule has 152 valence electrons. The van der Waals surface area contributed by atoms with Crippen molar-refractivity contribution in [2.75, 3.05) is 5.32 Å². The highest BCUT2D eigenvalue weighted by molar-refractivity contribution is 5.95. The number of benzene rings is 3. The van der Waals surface area contributed by atoms with Gasteiger partial charge in [-0.05, 0) is 47.4 Å². The first-order valence-electron chi connectivity index (χ1n) is 10.1. The van der Waals surface area contributed by atoms with Crippen LogP contribution in [0.1, 0.15) is 34.0 Å². The first kappa shape index (κ1) is 20.1. The van der Waals surface area contributed by atoms with Gasteiger partial charge in [0, 0.05) is 31.0 Å². The van der Waals surface area contributed by atoms with Gasteiger partial charge in [0.05, 0.1) is 17.6 Å². The Labute approximate surface area is 181 Å². The number of nitrogens with zero attached hydrogens (tertiary/aromatic N) is 3. The molecule has 0 spiro atoms. The van der Waals surface area contributed by atoms with Crippen LogP contribution in [0.4, 0.5) is 5.69 Å². The van der Waals surface area contributed by atoms with Crippen molar-refractivity contribution in [3.63, 3.8) is 0 Å². The van der Waals surface area contributed by atoms with Crippen molar-refractivity contribution in [2.24, 2.45) is 0 Å². The molecule has 31 heavy (non-hydrogen) atoms. The standard InChI is InChI=1S/C26H22N4O/c1-19(31)22-10-11-23(15-27)26(14-22)29-16-24-4-2-3-5-25(24)21-8-6-20(7-9-21)17-30-13-12-28-18-30/h2-14,18,29H,16-17H2,1H3. The molecule has 4 rings (SSSR count). The molecule has 3 aromatic carbocycles. The summed E-state index contributed by atoms with van der Waals surface area (Å²) < 4.78 is 2.04. The van der Waals surface area contributed by atoms with Crippen molar-refractivity contribution in [1.29, 1.82) is 5.26 Å². The predicted molar refractivity (Wildman–Crippen MR) is 122 cm³/mol. The Hall–Kier alpha value is -4.17. The van der Waals surface area contributed by atoms with Crippen molar-refractivity contribution >= 4 is 11.5 Å². The average molecular weight is 406 g/mol. The summed E-state index contributed by atoms with van der Waals surface area (Å²) in [5, 5.41) is 12.8. The molecule has 1 aromatic heterocycles. The first-order valence-corrected chi connectivity index (χ1v) is 10.1. The number of carbonyl (C=O) groups is 1. The number of nitriles is 1. The third-order valence-corrected chi connectivity index (χ3v) is 5.22. The number of ketones is 1. The van der Waals surface area contributed by atoms with Crippen LogP contribution >= 0.6 is 0 Å². The Balaban J connectivity index is 1.55. The van der Waals surface area contributed by atoms with E-state index in [-0.39, 0.29) is 5.78 Å². The summed E-state index contributed by atoms with van der Waals surface area (Å²) in [6.45, 7) is 2.85. The van der Waals surface area contributed by atoms with E-state index in [1.54, 1.807) is 24.4 Å². The van der Waals surface area contributed by atoms with Gasteiger partial charge < -0.3 is 9.88 Å². The highest BCUT2D eigenvalue weighted by atomic mass is 16.1. The molecule has 5 nitrogen and oxygen atoms in total. The molecule has 0 radical (unpaired) electrons. The summed E-state index contributed by atoms with van der Waals surface area (Å²) in [4.78, 5) is 15.8. The molecule has 0 aliphatic rings. The van der Waals surface area contributed by atoms with Crippen LogP contribution in [0.5, 0.6) is 0 Å². The highest BCUT2D eigenvalue weighted by Crippen LogP contribution is 2.26. The quantitative estimate of drug-likeness (QED) is 0.424. The average Bonchev–Trinajstić information content (AvgIpc) is 3.31. The van der Waals surface area contributed by atoms with E-state index in [9.17, 15) is 10.1 Å². The molecule has 0 fully saturated rings. The highest BCUT2D eigenvalue weighted by Gasteiger charge is 2.09. The SMILES string of the molecule is CC(=O)c1ccc(C#N)c(NCc2ccccc2-c2ccc(Cn3ccnc3)cc2)c1. The molecule has 5 heteroatoms. The second-order valence-electron chi connectivity index (χ2n) is 7.37. The summed E-state index contributed by atoms with van der Waals surface area (Å²) in [5.41, 5.74) is 6.35. The van der Waals surface area contributed by atoms with Gasteiger partial charge in [-0.2, -0.15) is 5.26 Å². The van der Waals surface area contributed by atoms with Gasteiger partial charge in [0.1, 0.15) is 6.07 Å². The number of imidazole rings is 1. The molecule has 0 saturated heterocycles. The molecule has 0 amide bonds. The van der Waals surface area contributed by atoms with E-state index < -0.39 is 0 Å². The van der Waals surface area contributed by atoms with Gasteiger partial charge >= 0.3 is 0 Å². The van der Waals surface area contributed by atoms with Crippen LogP contribution in [-0.4, -0.2) is 15.3 Å².